The summed E-state index contributed by atoms with van der Waals surface area (Å²) in [7, 11) is 0. The highest BCUT2D eigenvalue weighted by molar-refractivity contribution is 14.1. The minimum absolute atomic E-state index is 0.197. The van der Waals surface area contributed by atoms with Gasteiger partial charge in [-0.15, -0.1) is 0 Å². The van der Waals surface area contributed by atoms with Gasteiger partial charge >= 0.3 is 5.97 Å². The summed E-state index contributed by atoms with van der Waals surface area (Å²) in [4.78, 5) is 12.3. The zero-order valence-electron chi connectivity index (χ0n) is 11.4. The molecule has 104 valence electrons. The number of rotatable bonds is 6. The first-order chi connectivity index (χ1) is 9.06. The van der Waals surface area contributed by atoms with Crippen molar-refractivity contribution in [2.24, 2.45) is 5.92 Å². The predicted molar refractivity (Wildman–Crippen MR) is 83.9 cm³/mol. The molecule has 1 aliphatic carbocycles. The average Bonchev–Trinajstić information content (AvgIpc) is 3.21. The van der Waals surface area contributed by atoms with Crippen LogP contribution >= 0.6 is 22.6 Å². The fourth-order valence-corrected chi connectivity index (χ4v) is 2.38. The van der Waals surface area contributed by atoms with Gasteiger partial charge in [-0.1, -0.05) is 12.1 Å². The largest absolute Gasteiger partial charge is 0.464 e. The lowest BCUT2D eigenvalue weighted by Crippen LogP contribution is -2.48. The molecule has 1 atom stereocenters. The van der Waals surface area contributed by atoms with Crippen LogP contribution in [0.25, 0.3) is 0 Å². The smallest absolute Gasteiger partial charge is 0.330 e. The van der Waals surface area contributed by atoms with E-state index in [9.17, 15) is 4.79 Å². The third-order valence-corrected chi connectivity index (χ3v) is 4.27. The maximum atomic E-state index is 12.3. The van der Waals surface area contributed by atoms with Crippen LogP contribution in [0.5, 0.6) is 0 Å². The summed E-state index contributed by atoms with van der Waals surface area (Å²) in [6.45, 7) is 5.04. The highest BCUT2D eigenvalue weighted by atomic mass is 127. The summed E-state index contributed by atoms with van der Waals surface area (Å²) >= 11 is 2.26. The molecule has 1 aromatic rings. The summed E-state index contributed by atoms with van der Waals surface area (Å²) in [5.74, 6) is 0.523. The second-order valence-corrected chi connectivity index (χ2v) is 6.42. The molecule has 0 aromatic heterocycles. The Labute approximate surface area is 128 Å². The van der Waals surface area contributed by atoms with E-state index >= 15 is 0 Å². The van der Waals surface area contributed by atoms with Gasteiger partial charge in [-0.2, -0.15) is 0 Å². The lowest BCUT2D eigenvalue weighted by molar-refractivity contribution is -0.151. The van der Waals surface area contributed by atoms with Crippen LogP contribution in [0.1, 0.15) is 32.3 Å². The highest BCUT2D eigenvalue weighted by Gasteiger charge is 2.37. The van der Waals surface area contributed by atoms with Gasteiger partial charge in [-0.3, -0.25) is 5.32 Å². The van der Waals surface area contributed by atoms with E-state index in [-0.39, 0.29) is 5.97 Å². The van der Waals surface area contributed by atoms with Crippen LogP contribution in [0, 0.1) is 9.49 Å². The molecule has 0 radical (unpaired) electrons. The van der Waals surface area contributed by atoms with Crippen molar-refractivity contribution in [1.29, 1.82) is 0 Å². The highest BCUT2D eigenvalue weighted by Crippen LogP contribution is 2.30. The molecule has 0 bridgehead atoms. The van der Waals surface area contributed by atoms with Crippen LogP contribution in [0.3, 0.4) is 0 Å². The molecule has 0 heterocycles. The molecule has 2 rings (SSSR count). The minimum atomic E-state index is -0.747. The van der Waals surface area contributed by atoms with Crippen LogP contribution in [-0.2, 0) is 15.1 Å². The molecule has 0 saturated heterocycles. The zero-order valence-corrected chi connectivity index (χ0v) is 13.6. The molecular weight excluding hydrogens is 353 g/mol. The van der Waals surface area contributed by atoms with Crippen molar-refractivity contribution in [1.82, 2.24) is 5.32 Å². The van der Waals surface area contributed by atoms with Gasteiger partial charge in [0.05, 0.1) is 6.61 Å². The lowest BCUT2D eigenvalue weighted by Gasteiger charge is -2.29. The maximum absolute atomic E-state index is 12.3. The predicted octanol–water partition coefficient (Wildman–Crippen LogP) is 3.07. The van der Waals surface area contributed by atoms with Gasteiger partial charge in [-0.05, 0) is 79.4 Å². The number of ether oxygens (including phenoxy) is 1. The summed E-state index contributed by atoms with van der Waals surface area (Å²) in [5.41, 5.74) is 0.218. The number of carbonyl (C=O) groups excluding carboxylic acids is 1. The first-order valence-electron chi connectivity index (χ1n) is 6.74. The van der Waals surface area contributed by atoms with Crippen molar-refractivity contribution in [3.63, 3.8) is 0 Å². The van der Waals surface area contributed by atoms with E-state index in [4.69, 9.17) is 4.74 Å². The zero-order chi connectivity index (χ0) is 13.9. The number of halogens is 1. The molecule has 3 nitrogen and oxygen atoms in total. The van der Waals surface area contributed by atoms with Crippen molar-refractivity contribution in [3.8, 4) is 0 Å². The van der Waals surface area contributed by atoms with Gasteiger partial charge in [0.25, 0.3) is 0 Å². The van der Waals surface area contributed by atoms with E-state index in [1.807, 2.05) is 38.1 Å². The maximum Gasteiger partial charge on any atom is 0.330 e. The SMILES string of the molecule is CCOC(=O)C(C)(NCC1CC1)c1ccc(I)cc1. The molecule has 1 saturated carbocycles. The molecule has 1 N–H and O–H groups in total. The van der Waals surface area contributed by atoms with Crippen molar-refractivity contribution in [3.05, 3.63) is 33.4 Å². The Hall–Kier alpha value is -0.620. The Kier molecular flexibility index (Phi) is 4.84. The van der Waals surface area contributed by atoms with Gasteiger partial charge in [-0.25, -0.2) is 4.79 Å². The Bertz CT molecular complexity index is 442. The summed E-state index contributed by atoms with van der Waals surface area (Å²) in [6, 6.07) is 8.04. The summed E-state index contributed by atoms with van der Waals surface area (Å²) < 4.78 is 6.40. The molecule has 1 aliphatic rings. The first kappa shape index (κ1) is 14.8. The minimum Gasteiger partial charge on any atom is -0.464 e. The van der Waals surface area contributed by atoms with Gasteiger partial charge < -0.3 is 4.74 Å². The van der Waals surface area contributed by atoms with Crippen LogP contribution in [-0.4, -0.2) is 19.1 Å². The monoisotopic (exact) mass is 373 g/mol. The number of nitrogens with one attached hydrogen (secondary N) is 1. The normalized spacial score (nSPS) is 17.8. The van der Waals surface area contributed by atoms with E-state index in [1.165, 1.54) is 12.8 Å². The Balaban J connectivity index is 2.20. The molecule has 1 unspecified atom stereocenters. The molecule has 1 aromatic carbocycles. The quantitative estimate of drug-likeness (QED) is 0.615. The van der Waals surface area contributed by atoms with Gasteiger partial charge in [0.2, 0.25) is 0 Å². The molecule has 0 aliphatic heterocycles. The molecular formula is C15H20INO2. The molecule has 1 fully saturated rings. The topological polar surface area (TPSA) is 38.3 Å². The number of esters is 1. The van der Waals surface area contributed by atoms with Crippen LogP contribution in [0.2, 0.25) is 0 Å². The number of hydrogen-bond acceptors (Lipinski definition) is 3. The average molecular weight is 373 g/mol. The van der Waals surface area contributed by atoms with Crippen LogP contribution in [0.4, 0.5) is 0 Å². The van der Waals surface area contributed by atoms with Gasteiger partial charge in [0.1, 0.15) is 5.54 Å². The van der Waals surface area contributed by atoms with Crippen LogP contribution < -0.4 is 5.32 Å². The number of benzene rings is 1. The lowest BCUT2D eigenvalue weighted by atomic mass is 9.92. The second-order valence-electron chi connectivity index (χ2n) is 5.18. The molecule has 0 amide bonds. The summed E-state index contributed by atoms with van der Waals surface area (Å²) in [6.07, 6.45) is 2.52. The first-order valence-corrected chi connectivity index (χ1v) is 7.82. The Morgan fingerprint density at radius 1 is 1.42 bits per heavy atom. The van der Waals surface area contributed by atoms with E-state index in [2.05, 4.69) is 27.9 Å². The number of carbonyl (C=O) groups is 1. The Morgan fingerprint density at radius 3 is 2.58 bits per heavy atom. The van der Waals surface area contributed by atoms with Gasteiger partial charge in [0.15, 0.2) is 0 Å². The van der Waals surface area contributed by atoms with E-state index in [0.29, 0.717) is 6.61 Å². The van der Waals surface area contributed by atoms with Crippen molar-refractivity contribution < 1.29 is 9.53 Å². The van der Waals surface area contributed by atoms with E-state index in [1.54, 1.807) is 0 Å². The third-order valence-electron chi connectivity index (χ3n) is 3.55. The second kappa shape index (κ2) is 6.22. The number of hydrogen-bond donors (Lipinski definition) is 1. The Morgan fingerprint density at radius 2 is 2.05 bits per heavy atom. The van der Waals surface area contributed by atoms with E-state index < -0.39 is 5.54 Å². The van der Waals surface area contributed by atoms with Crippen molar-refractivity contribution in [2.75, 3.05) is 13.2 Å². The standard InChI is InChI=1S/C15H20INO2/c1-3-19-14(18)15(2,17-10-11-4-5-11)12-6-8-13(16)9-7-12/h6-9,11,17H,3-5,10H2,1-2H3. The summed E-state index contributed by atoms with van der Waals surface area (Å²) in [5, 5.41) is 3.40. The fourth-order valence-electron chi connectivity index (χ4n) is 2.02. The molecule has 19 heavy (non-hydrogen) atoms. The fraction of sp³-hybridized carbons (Fsp3) is 0.533. The van der Waals surface area contributed by atoms with Crippen molar-refractivity contribution >= 4 is 28.6 Å². The van der Waals surface area contributed by atoms with Crippen molar-refractivity contribution in [2.45, 2.75) is 32.2 Å². The van der Waals surface area contributed by atoms with Gasteiger partial charge in [0, 0.05) is 3.57 Å². The molecule has 0 spiro atoms. The van der Waals surface area contributed by atoms with Crippen LogP contribution in [0.15, 0.2) is 24.3 Å². The third kappa shape index (κ3) is 3.69. The molecule has 4 heteroatoms. The van der Waals surface area contributed by atoms with E-state index in [0.717, 1.165) is 21.6 Å².